The van der Waals surface area contributed by atoms with E-state index in [9.17, 15) is 4.79 Å². The molecule has 0 aliphatic rings. The molecule has 0 unspecified atom stereocenters. The molecule has 122 valence electrons. The summed E-state index contributed by atoms with van der Waals surface area (Å²) in [6, 6.07) is 7.24. The molecule has 0 atom stereocenters. The Hall–Kier alpha value is -1.95. The van der Waals surface area contributed by atoms with Crippen molar-refractivity contribution >= 4 is 23.5 Å². The Morgan fingerprint density at radius 3 is 2.77 bits per heavy atom. The van der Waals surface area contributed by atoms with E-state index in [1.165, 1.54) is 4.90 Å². The first-order chi connectivity index (χ1) is 10.5. The van der Waals surface area contributed by atoms with Crippen LogP contribution in [0.25, 0.3) is 0 Å². The fraction of sp³-hybridized carbons (Fsp3) is 0.467. The highest BCUT2D eigenvalue weighted by Crippen LogP contribution is 2.16. The number of amides is 1. The summed E-state index contributed by atoms with van der Waals surface area (Å²) >= 11 is 5.89. The van der Waals surface area contributed by atoms with Crippen LogP contribution in [0.2, 0.25) is 5.02 Å². The summed E-state index contributed by atoms with van der Waals surface area (Å²) in [7, 11) is 3.41. The molecule has 7 heteroatoms. The molecule has 1 aromatic rings. The van der Waals surface area contributed by atoms with Gasteiger partial charge in [-0.25, -0.2) is 4.99 Å². The van der Waals surface area contributed by atoms with Crippen LogP contribution in [0.1, 0.15) is 6.92 Å². The number of guanidine groups is 1. The maximum Gasteiger partial charge on any atom is 0.243 e. The zero-order chi connectivity index (χ0) is 16.4. The molecule has 0 spiro atoms. The number of nitrogens with one attached hydrogen (secondary N) is 2. The van der Waals surface area contributed by atoms with E-state index in [4.69, 9.17) is 16.3 Å². The largest absolute Gasteiger partial charge is 0.492 e. The quantitative estimate of drug-likeness (QED) is 0.451. The van der Waals surface area contributed by atoms with E-state index in [1.54, 1.807) is 26.2 Å². The minimum Gasteiger partial charge on any atom is -0.492 e. The van der Waals surface area contributed by atoms with Gasteiger partial charge in [-0.3, -0.25) is 4.79 Å². The van der Waals surface area contributed by atoms with Crippen LogP contribution in [0.4, 0.5) is 0 Å². The fourth-order valence-electron chi connectivity index (χ4n) is 1.52. The van der Waals surface area contributed by atoms with Crippen molar-refractivity contribution in [3.05, 3.63) is 29.3 Å². The molecular weight excluding hydrogens is 304 g/mol. The van der Waals surface area contributed by atoms with Gasteiger partial charge in [-0.1, -0.05) is 17.7 Å². The lowest BCUT2D eigenvalue weighted by Gasteiger charge is -2.13. The highest BCUT2D eigenvalue weighted by Gasteiger charge is 2.03. The van der Waals surface area contributed by atoms with E-state index in [2.05, 4.69) is 15.6 Å². The molecule has 0 aliphatic heterocycles. The van der Waals surface area contributed by atoms with Crippen molar-refractivity contribution in [1.29, 1.82) is 0 Å². The van der Waals surface area contributed by atoms with Crippen molar-refractivity contribution in [2.45, 2.75) is 6.92 Å². The summed E-state index contributed by atoms with van der Waals surface area (Å²) in [5, 5.41) is 6.83. The second kappa shape index (κ2) is 9.89. The molecule has 1 amide bonds. The van der Waals surface area contributed by atoms with Gasteiger partial charge in [-0.05, 0) is 25.1 Å². The van der Waals surface area contributed by atoms with Crippen LogP contribution in [0, 0.1) is 0 Å². The Bertz CT molecular complexity index is 506. The van der Waals surface area contributed by atoms with Crippen LogP contribution in [0.5, 0.6) is 5.75 Å². The number of halogens is 1. The van der Waals surface area contributed by atoms with Crippen LogP contribution in [0.15, 0.2) is 29.3 Å². The molecule has 2 N–H and O–H groups in total. The van der Waals surface area contributed by atoms with Gasteiger partial charge in [-0.2, -0.15) is 0 Å². The highest BCUT2D eigenvalue weighted by atomic mass is 35.5. The lowest BCUT2D eigenvalue weighted by atomic mass is 10.3. The summed E-state index contributed by atoms with van der Waals surface area (Å²) in [6.45, 7) is 3.82. The maximum absolute atomic E-state index is 11.5. The Kier molecular flexibility index (Phi) is 8.14. The summed E-state index contributed by atoms with van der Waals surface area (Å²) < 4.78 is 5.57. The number of aliphatic imine (C=N–C) groups is 1. The number of benzene rings is 1. The predicted octanol–water partition coefficient (Wildman–Crippen LogP) is 1.36. The number of rotatable bonds is 7. The average Bonchev–Trinajstić information content (AvgIpc) is 2.48. The Morgan fingerprint density at radius 2 is 2.14 bits per heavy atom. The van der Waals surface area contributed by atoms with Gasteiger partial charge in [0.2, 0.25) is 5.91 Å². The molecule has 0 radical (unpaired) electrons. The molecule has 0 saturated carbocycles. The van der Waals surface area contributed by atoms with E-state index in [0.717, 1.165) is 12.3 Å². The van der Waals surface area contributed by atoms with Gasteiger partial charge in [0.1, 0.15) is 18.9 Å². The van der Waals surface area contributed by atoms with Gasteiger partial charge in [0, 0.05) is 25.7 Å². The monoisotopic (exact) mass is 326 g/mol. The van der Waals surface area contributed by atoms with E-state index in [-0.39, 0.29) is 12.5 Å². The molecule has 0 aliphatic carbocycles. The summed E-state index contributed by atoms with van der Waals surface area (Å²) in [5.74, 6) is 1.26. The normalized spacial score (nSPS) is 11.0. The van der Waals surface area contributed by atoms with Crippen LogP contribution in [0.3, 0.4) is 0 Å². The molecule has 1 rings (SSSR count). The Balaban J connectivity index is 2.37. The van der Waals surface area contributed by atoms with Gasteiger partial charge < -0.3 is 20.3 Å². The first-order valence-corrected chi connectivity index (χ1v) is 7.51. The second-order valence-corrected chi connectivity index (χ2v) is 5.15. The number of hydrogen-bond acceptors (Lipinski definition) is 3. The topological polar surface area (TPSA) is 66.0 Å². The van der Waals surface area contributed by atoms with Crippen molar-refractivity contribution in [3.8, 4) is 5.75 Å². The smallest absolute Gasteiger partial charge is 0.243 e. The molecule has 0 saturated heterocycles. The molecule has 0 fully saturated rings. The molecule has 1 aromatic carbocycles. The van der Waals surface area contributed by atoms with Crippen molar-refractivity contribution in [3.63, 3.8) is 0 Å². The number of likely N-dealkylation sites (N-methyl/N-ethyl adjacent to an activating group) is 1. The third-order valence-electron chi connectivity index (χ3n) is 2.67. The number of carbonyl (C=O) groups is 1. The zero-order valence-corrected chi connectivity index (χ0v) is 14.0. The minimum atomic E-state index is -0.0487. The number of hydrogen-bond donors (Lipinski definition) is 2. The Labute approximate surface area is 136 Å². The first kappa shape index (κ1) is 18.1. The zero-order valence-electron chi connectivity index (χ0n) is 13.2. The molecule has 22 heavy (non-hydrogen) atoms. The third-order valence-corrected chi connectivity index (χ3v) is 2.91. The standard InChI is InChI=1S/C15H23ClN4O2/c1-4-17-15(19-11-14(21)20(2)3)18-8-9-22-13-7-5-6-12(16)10-13/h5-7,10H,4,8-9,11H2,1-3H3,(H2,17,18,19). The minimum absolute atomic E-state index is 0.0487. The van der Waals surface area contributed by atoms with Crippen molar-refractivity contribution in [1.82, 2.24) is 15.5 Å². The van der Waals surface area contributed by atoms with E-state index >= 15 is 0 Å². The van der Waals surface area contributed by atoms with E-state index in [0.29, 0.717) is 24.1 Å². The summed E-state index contributed by atoms with van der Waals surface area (Å²) in [6.07, 6.45) is 0. The second-order valence-electron chi connectivity index (χ2n) is 4.72. The van der Waals surface area contributed by atoms with Crippen molar-refractivity contribution in [2.75, 3.05) is 40.3 Å². The Morgan fingerprint density at radius 1 is 1.36 bits per heavy atom. The molecule has 6 nitrogen and oxygen atoms in total. The van der Waals surface area contributed by atoms with Crippen LogP contribution in [-0.2, 0) is 4.79 Å². The highest BCUT2D eigenvalue weighted by molar-refractivity contribution is 6.30. The van der Waals surface area contributed by atoms with Gasteiger partial charge >= 0.3 is 0 Å². The predicted molar refractivity (Wildman–Crippen MR) is 89.6 cm³/mol. The van der Waals surface area contributed by atoms with Crippen LogP contribution < -0.4 is 15.4 Å². The number of nitrogens with zero attached hydrogens (tertiary/aromatic N) is 2. The third kappa shape index (κ3) is 7.17. The average molecular weight is 327 g/mol. The van der Waals surface area contributed by atoms with Crippen LogP contribution >= 0.6 is 11.6 Å². The molecule has 0 aromatic heterocycles. The van der Waals surface area contributed by atoms with Crippen molar-refractivity contribution in [2.24, 2.45) is 4.99 Å². The lowest BCUT2D eigenvalue weighted by Crippen LogP contribution is -2.40. The number of ether oxygens (including phenoxy) is 1. The fourth-order valence-corrected chi connectivity index (χ4v) is 1.71. The van der Waals surface area contributed by atoms with E-state index < -0.39 is 0 Å². The molecular formula is C15H23ClN4O2. The maximum atomic E-state index is 11.5. The molecule has 0 bridgehead atoms. The van der Waals surface area contributed by atoms with Gasteiger partial charge in [-0.15, -0.1) is 0 Å². The van der Waals surface area contributed by atoms with Crippen LogP contribution in [-0.4, -0.2) is 57.1 Å². The van der Waals surface area contributed by atoms with Gasteiger partial charge in [0.05, 0.1) is 6.54 Å². The first-order valence-electron chi connectivity index (χ1n) is 7.13. The lowest BCUT2D eigenvalue weighted by molar-refractivity contribution is -0.127. The van der Waals surface area contributed by atoms with Gasteiger partial charge in [0.15, 0.2) is 5.96 Å². The number of carbonyl (C=O) groups excluding carboxylic acids is 1. The molecule has 0 heterocycles. The van der Waals surface area contributed by atoms with E-state index in [1.807, 2.05) is 19.1 Å². The van der Waals surface area contributed by atoms with Crippen molar-refractivity contribution < 1.29 is 9.53 Å². The summed E-state index contributed by atoms with van der Waals surface area (Å²) in [5.41, 5.74) is 0. The van der Waals surface area contributed by atoms with Gasteiger partial charge in [0.25, 0.3) is 0 Å². The SMILES string of the molecule is CCNC(=NCC(=O)N(C)C)NCCOc1cccc(Cl)c1. The summed E-state index contributed by atoms with van der Waals surface area (Å²) in [4.78, 5) is 17.3.